The quantitative estimate of drug-likeness (QED) is 0.777. The summed E-state index contributed by atoms with van der Waals surface area (Å²) in [4.78, 5) is 26.7. The van der Waals surface area contributed by atoms with Crippen LogP contribution in [0.4, 0.5) is 5.95 Å². The third-order valence-corrected chi connectivity index (χ3v) is 5.97. The van der Waals surface area contributed by atoms with Crippen molar-refractivity contribution in [2.45, 2.75) is 31.3 Å². The molecule has 0 aliphatic carbocycles. The number of amides is 1. The highest BCUT2D eigenvalue weighted by atomic mass is 35.5. The molecule has 3 aliphatic rings. The van der Waals surface area contributed by atoms with Crippen LogP contribution in [0, 0.1) is 0 Å². The van der Waals surface area contributed by atoms with E-state index in [0.29, 0.717) is 23.9 Å². The first kappa shape index (κ1) is 16.9. The van der Waals surface area contributed by atoms with E-state index >= 15 is 0 Å². The zero-order valence-electron chi connectivity index (χ0n) is 15.1. The number of carbonyl (C=O) groups is 1. The highest BCUT2D eigenvalue weighted by molar-refractivity contribution is 6.33. The van der Waals surface area contributed by atoms with Crippen molar-refractivity contribution >= 4 is 23.5 Å². The summed E-state index contributed by atoms with van der Waals surface area (Å²) in [7, 11) is 1.77. The maximum atomic E-state index is 13.1. The Morgan fingerprint density at radius 1 is 1.30 bits per heavy atom. The molecule has 2 aromatic rings. The van der Waals surface area contributed by atoms with Crippen LogP contribution in [-0.4, -0.2) is 62.9 Å². The Balaban J connectivity index is 1.45. The Bertz CT molecular complexity index is 894. The molecule has 0 radical (unpaired) electrons. The predicted molar refractivity (Wildman–Crippen MR) is 98.9 cm³/mol. The fraction of sp³-hybridized carbons (Fsp3) is 0.556. The van der Waals surface area contributed by atoms with Crippen LogP contribution in [0.15, 0.2) is 12.4 Å². The molecule has 2 atom stereocenters. The van der Waals surface area contributed by atoms with E-state index in [1.165, 1.54) is 0 Å². The molecular weight excluding hydrogens is 368 g/mol. The number of halogens is 1. The fourth-order valence-corrected chi connectivity index (χ4v) is 4.68. The maximum absolute atomic E-state index is 13.1. The molecule has 0 unspecified atom stereocenters. The summed E-state index contributed by atoms with van der Waals surface area (Å²) in [6.45, 7) is 3.04. The monoisotopic (exact) mass is 388 g/mol. The van der Waals surface area contributed by atoms with Crippen LogP contribution in [0.1, 0.15) is 40.6 Å². The van der Waals surface area contributed by atoms with Crippen LogP contribution >= 0.6 is 11.6 Å². The molecule has 2 aromatic heterocycles. The second kappa shape index (κ2) is 6.45. The third kappa shape index (κ3) is 2.78. The van der Waals surface area contributed by atoms with Crippen molar-refractivity contribution in [3.8, 4) is 0 Å². The van der Waals surface area contributed by atoms with Crippen LogP contribution in [0.5, 0.6) is 0 Å². The first-order chi connectivity index (χ1) is 13.1. The molecule has 8 nitrogen and oxygen atoms in total. The van der Waals surface area contributed by atoms with Gasteiger partial charge in [-0.3, -0.25) is 9.48 Å². The van der Waals surface area contributed by atoms with Crippen molar-refractivity contribution in [1.82, 2.24) is 24.6 Å². The van der Waals surface area contributed by atoms with E-state index in [2.05, 4.69) is 15.0 Å². The number of hydrogen-bond donors (Lipinski definition) is 0. The van der Waals surface area contributed by atoms with Crippen molar-refractivity contribution in [3.63, 3.8) is 0 Å². The lowest BCUT2D eigenvalue weighted by Crippen LogP contribution is -2.43. The number of nitrogens with zero attached hydrogens (tertiary/aromatic N) is 6. The Morgan fingerprint density at radius 2 is 2.11 bits per heavy atom. The molecular formula is C18H21ClN6O2. The highest BCUT2D eigenvalue weighted by Crippen LogP contribution is 2.44. The number of morpholine rings is 1. The van der Waals surface area contributed by atoms with Gasteiger partial charge in [0.15, 0.2) is 5.69 Å². The molecule has 2 bridgehead atoms. The molecule has 142 valence electrons. The van der Waals surface area contributed by atoms with Gasteiger partial charge < -0.3 is 14.5 Å². The third-order valence-electron chi connectivity index (χ3n) is 5.69. The van der Waals surface area contributed by atoms with Crippen LogP contribution in [0.3, 0.4) is 0 Å². The summed E-state index contributed by atoms with van der Waals surface area (Å²) in [6.07, 6.45) is 6.20. The second-order valence-corrected chi connectivity index (χ2v) is 7.74. The minimum absolute atomic E-state index is 0.00284. The number of anilines is 1. The molecule has 0 spiro atoms. The van der Waals surface area contributed by atoms with Gasteiger partial charge in [-0.15, -0.1) is 0 Å². The molecule has 2 fully saturated rings. The molecule has 1 amide bonds. The first-order valence-corrected chi connectivity index (χ1v) is 9.70. The van der Waals surface area contributed by atoms with Crippen LogP contribution in [0.25, 0.3) is 0 Å². The Hall–Kier alpha value is -2.19. The Kier molecular flexibility index (Phi) is 4.05. The molecule has 0 aromatic carbocycles. The van der Waals surface area contributed by atoms with Gasteiger partial charge in [-0.1, -0.05) is 11.6 Å². The molecule has 27 heavy (non-hydrogen) atoms. The average Bonchev–Trinajstić information content (AvgIpc) is 3.19. The molecule has 3 aliphatic heterocycles. The lowest BCUT2D eigenvalue weighted by Gasteiger charge is -2.36. The minimum Gasteiger partial charge on any atom is -0.378 e. The molecule has 5 heterocycles. The number of rotatable bonds is 2. The van der Waals surface area contributed by atoms with E-state index in [-0.39, 0.29) is 18.0 Å². The summed E-state index contributed by atoms with van der Waals surface area (Å²) >= 11 is 6.21. The molecule has 9 heteroatoms. The van der Waals surface area contributed by atoms with Gasteiger partial charge in [-0.05, 0) is 12.8 Å². The van der Waals surface area contributed by atoms with E-state index in [9.17, 15) is 4.79 Å². The molecule has 0 N–H and O–H groups in total. The van der Waals surface area contributed by atoms with Gasteiger partial charge in [0.25, 0.3) is 5.91 Å². The number of hydrogen-bond acceptors (Lipinski definition) is 6. The van der Waals surface area contributed by atoms with E-state index in [0.717, 1.165) is 49.6 Å². The summed E-state index contributed by atoms with van der Waals surface area (Å²) < 4.78 is 6.99. The summed E-state index contributed by atoms with van der Waals surface area (Å²) in [5, 5.41) is 4.65. The lowest BCUT2D eigenvalue weighted by molar-refractivity contribution is 0.0637. The van der Waals surface area contributed by atoms with Crippen molar-refractivity contribution in [2.24, 2.45) is 7.05 Å². The van der Waals surface area contributed by atoms with Crippen LogP contribution < -0.4 is 4.90 Å². The first-order valence-electron chi connectivity index (χ1n) is 9.32. The van der Waals surface area contributed by atoms with Gasteiger partial charge in [0, 0.05) is 50.6 Å². The Morgan fingerprint density at radius 3 is 2.85 bits per heavy atom. The van der Waals surface area contributed by atoms with Crippen molar-refractivity contribution in [3.05, 3.63) is 34.4 Å². The Labute approximate surface area is 162 Å². The van der Waals surface area contributed by atoms with E-state index < -0.39 is 0 Å². The van der Waals surface area contributed by atoms with Crippen molar-refractivity contribution < 1.29 is 9.53 Å². The smallest absolute Gasteiger partial charge is 0.276 e. The largest absolute Gasteiger partial charge is 0.378 e. The SMILES string of the molecule is Cn1cc(Cl)c(C(=O)N2[C@H]3CC[C@@H]2c2cnc(N4CCOCC4)nc2C3)n1. The van der Waals surface area contributed by atoms with Crippen molar-refractivity contribution in [2.75, 3.05) is 31.2 Å². The normalized spacial score (nSPS) is 24.2. The van der Waals surface area contributed by atoms with Gasteiger partial charge in [-0.2, -0.15) is 5.10 Å². The number of carbonyl (C=O) groups excluding carboxylic acids is 1. The topological polar surface area (TPSA) is 76.4 Å². The summed E-state index contributed by atoms with van der Waals surface area (Å²) in [5.41, 5.74) is 2.45. The lowest BCUT2D eigenvalue weighted by atomic mass is 9.99. The number of ether oxygens (including phenoxy) is 1. The van der Waals surface area contributed by atoms with Gasteiger partial charge in [-0.25, -0.2) is 9.97 Å². The zero-order valence-corrected chi connectivity index (χ0v) is 15.9. The second-order valence-electron chi connectivity index (χ2n) is 7.33. The zero-order chi connectivity index (χ0) is 18.5. The van der Waals surface area contributed by atoms with Gasteiger partial charge in [0.1, 0.15) is 0 Å². The highest BCUT2D eigenvalue weighted by Gasteiger charge is 2.44. The average molecular weight is 389 g/mol. The van der Waals surface area contributed by atoms with Gasteiger partial charge in [0.2, 0.25) is 5.95 Å². The number of aromatic nitrogens is 4. The predicted octanol–water partition coefficient (Wildman–Crippen LogP) is 1.60. The summed E-state index contributed by atoms with van der Waals surface area (Å²) in [5.74, 6) is 0.667. The standard InChI is InChI=1S/C18H21ClN6O2/c1-23-10-13(19)16(22-23)17(26)25-11-2-3-15(25)12-9-20-18(21-14(12)8-11)24-4-6-27-7-5-24/h9-11,15H,2-8H2,1H3/t11-,15+/m0/s1. The van der Waals surface area contributed by atoms with E-state index in [1.807, 2.05) is 11.1 Å². The minimum atomic E-state index is -0.101. The van der Waals surface area contributed by atoms with Gasteiger partial charge in [0.05, 0.1) is 30.0 Å². The van der Waals surface area contributed by atoms with Crippen LogP contribution in [-0.2, 0) is 18.2 Å². The summed E-state index contributed by atoms with van der Waals surface area (Å²) in [6, 6.07) is 0.142. The van der Waals surface area contributed by atoms with E-state index in [1.54, 1.807) is 17.9 Å². The van der Waals surface area contributed by atoms with Gasteiger partial charge >= 0.3 is 0 Å². The maximum Gasteiger partial charge on any atom is 0.276 e. The van der Waals surface area contributed by atoms with E-state index in [4.69, 9.17) is 21.3 Å². The van der Waals surface area contributed by atoms with Crippen molar-refractivity contribution in [1.29, 1.82) is 0 Å². The molecule has 0 saturated carbocycles. The number of fused-ring (bicyclic) bond motifs is 4. The molecule has 5 rings (SSSR count). The number of aryl methyl sites for hydroxylation is 1. The fourth-order valence-electron chi connectivity index (χ4n) is 4.42. The van der Waals surface area contributed by atoms with Crippen LogP contribution in [0.2, 0.25) is 5.02 Å². The molecule has 2 saturated heterocycles.